The quantitative estimate of drug-likeness (QED) is 0.168. The number of carbonyl (C=O) groups excluding carboxylic acids is 1. The van der Waals surface area contributed by atoms with Crippen molar-refractivity contribution in [3.8, 4) is 45.6 Å². The van der Waals surface area contributed by atoms with Gasteiger partial charge in [-0.15, -0.1) is 0 Å². The van der Waals surface area contributed by atoms with Gasteiger partial charge < -0.3 is 28.1 Å². The lowest BCUT2D eigenvalue weighted by molar-refractivity contribution is 0.0734. The van der Waals surface area contributed by atoms with Crippen molar-refractivity contribution >= 4 is 16.9 Å². The van der Waals surface area contributed by atoms with Crippen LogP contribution in [0.2, 0.25) is 0 Å². The number of ether oxygens (including phenoxy) is 5. The average Bonchev–Trinajstić information content (AvgIpc) is 2.98. The third kappa shape index (κ3) is 5.26. The van der Waals surface area contributed by atoms with Crippen molar-refractivity contribution in [1.29, 1.82) is 0 Å². The summed E-state index contributed by atoms with van der Waals surface area (Å²) in [5.41, 5.74) is 2.18. The van der Waals surface area contributed by atoms with Gasteiger partial charge in [0.15, 0.2) is 11.5 Å². The first-order chi connectivity index (χ1) is 19.0. The highest BCUT2D eigenvalue weighted by atomic mass is 16.5. The maximum Gasteiger partial charge on any atom is 0.343 e. The van der Waals surface area contributed by atoms with Gasteiger partial charge in [-0.3, -0.25) is 4.79 Å². The normalized spacial score (nSPS) is 10.6. The van der Waals surface area contributed by atoms with E-state index in [4.69, 9.17) is 28.1 Å². The van der Waals surface area contributed by atoms with Gasteiger partial charge in [0.1, 0.15) is 23.3 Å². The lowest BCUT2D eigenvalue weighted by Crippen LogP contribution is -2.10. The molecular formula is C31H24O8. The molecule has 0 radical (unpaired) electrons. The Balaban J connectivity index is 1.35. The molecule has 0 aliphatic rings. The number of carbonyl (C=O) groups is 1. The summed E-state index contributed by atoms with van der Waals surface area (Å²) in [4.78, 5) is 25.9. The summed E-state index contributed by atoms with van der Waals surface area (Å²) >= 11 is 0. The molecule has 0 spiro atoms. The highest BCUT2D eigenvalue weighted by Crippen LogP contribution is 2.38. The summed E-state index contributed by atoms with van der Waals surface area (Å²) in [5.74, 6) is 1.05. The van der Waals surface area contributed by atoms with Crippen LogP contribution in [0.15, 0.2) is 100 Å². The molecule has 0 unspecified atom stereocenters. The maximum atomic E-state index is 13.0. The smallest absolute Gasteiger partial charge is 0.343 e. The molecule has 0 aliphatic heterocycles. The van der Waals surface area contributed by atoms with Crippen molar-refractivity contribution in [2.24, 2.45) is 0 Å². The molecule has 196 valence electrons. The Morgan fingerprint density at radius 2 is 1.33 bits per heavy atom. The molecule has 1 heterocycles. The summed E-state index contributed by atoms with van der Waals surface area (Å²) in [7, 11) is 4.38. The van der Waals surface area contributed by atoms with Crippen molar-refractivity contribution < 1.29 is 32.9 Å². The van der Waals surface area contributed by atoms with Crippen LogP contribution in [0.4, 0.5) is 0 Å². The van der Waals surface area contributed by atoms with Gasteiger partial charge in [-0.25, -0.2) is 4.79 Å². The van der Waals surface area contributed by atoms with Crippen LogP contribution in [0.1, 0.15) is 10.4 Å². The second-order valence-electron chi connectivity index (χ2n) is 8.38. The first kappa shape index (κ1) is 25.4. The maximum absolute atomic E-state index is 13.0. The molecule has 8 nitrogen and oxygen atoms in total. The van der Waals surface area contributed by atoms with Crippen LogP contribution < -0.4 is 29.1 Å². The lowest BCUT2D eigenvalue weighted by atomic mass is 10.1. The van der Waals surface area contributed by atoms with E-state index in [1.165, 1.54) is 57.9 Å². The minimum atomic E-state index is -0.658. The highest BCUT2D eigenvalue weighted by Gasteiger charge is 2.19. The van der Waals surface area contributed by atoms with Gasteiger partial charge in [0.2, 0.25) is 16.9 Å². The summed E-state index contributed by atoms with van der Waals surface area (Å²) < 4.78 is 32.8. The monoisotopic (exact) mass is 524 g/mol. The van der Waals surface area contributed by atoms with Crippen LogP contribution in [0, 0.1) is 0 Å². The number of rotatable bonds is 8. The van der Waals surface area contributed by atoms with Gasteiger partial charge in [0, 0.05) is 6.07 Å². The van der Waals surface area contributed by atoms with Crippen LogP contribution in [-0.2, 0) is 0 Å². The Morgan fingerprint density at radius 3 is 1.97 bits per heavy atom. The predicted molar refractivity (Wildman–Crippen MR) is 145 cm³/mol. The number of benzene rings is 4. The van der Waals surface area contributed by atoms with Crippen molar-refractivity contribution in [2.75, 3.05) is 21.3 Å². The van der Waals surface area contributed by atoms with E-state index in [2.05, 4.69) is 0 Å². The fraction of sp³-hybridized carbons (Fsp3) is 0.0968. The zero-order valence-electron chi connectivity index (χ0n) is 21.4. The number of esters is 1. The number of fused-ring (bicyclic) bond motifs is 1. The Kier molecular flexibility index (Phi) is 7.18. The molecule has 0 saturated heterocycles. The lowest BCUT2D eigenvalue weighted by Gasteiger charge is -2.13. The van der Waals surface area contributed by atoms with E-state index in [0.717, 1.165) is 11.1 Å². The van der Waals surface area contributed by atoms with E-state index in [1.54, 1.807) is 12.1 Å². The van der Waals surface area contributed by atoms with Crippen LogP contribution in [-0.4, -0.2) is 27.3 Å². The topological polar surface area (TPSA) is 93.4 Å². The van der Waals surface area contributed by atoms with Gasteiger partial charge in [-0.05, 0) is 47.5 Å². The standard InChI is InChI=1S/C31H24O8/c1-34-26-15-21(16-27(35-2)30(26)36-3)31(33)39-23-13-14-24-25(17-23)37-18-28(29(24)32)38-22-11-9-20(10-12-22)19-7-5-4-6-8-19/h4-18H,1-3H3. The molecule has 0 fully saturated rings. The fourth-order valence-electron chi connectivity index (χ4n) is 4.06. The summed E-state index contributed by atoms with van der Waals surface area (Å²) in [6.45, 7) is 0. The molecule has 0 N–H and O–H groups in total. The second kappa shape index (κ2) is 11.0. The second-order valence-corrected chi connectivity index (χ2v) is 8.38. The molecule has 1 aromatic heterocycles. The summed E-state index contributed by atoms with van der Waals surface area (Å²) in [6, 6.07) is 24.8. The third-order valence-corrected chi connectivity index (χ3v) is 6.01. The van der Waals surface area contributed by atoms with E-state index in [9.17, 15) is 9.59 Å². The van der Waals surface area contributed by atoms with Gasteiger partial charge in [-0.1, -0.05) is 42.5 Å². The highest BCUT2D eigenvalue weighted by molar-refractivity contribution is 5.93. The summed E-state index contributed by atoms with van der Waals surface area (Å²) in [6.07, 6.45) is 1.24. The van der Waals surface area contributed by atoms with E-state index < -0.39 is 5.97 Å². The molecule has 0 saturated carbocycles. The van der Waals surface area contributed by atoms with Gasteiger partial charge in [-0.2, -0.15) is 0 Å². The van der Waals surface area contributed by atoms with Crippen LogP contribution in [0.3, 0.4) is 0 Å². The Morgan fingerprint density at radius 1 is 0.692 bits per heavy atom. The fourth-order valence-corrected chi connectivity index (χ4v) is 4.06. The van der Waals surface area contributed by atoms with Gasteiger partial charge in [0.25, 0.3) is 0 Å². The minimum Gasteiger partial charge on any atom is -0.493 e. The molecule has 0 aliphatic carbocycles. The van der Waals surface area contributed by atoms with Gasteiger partial charge in [0.05, 0.1) is 32.3 Å². The van der Waals surface area contributed by atoms with E-state index in [0.29, 0.717) is 23.0 Å². The van der Waals surface area contributed by atoms with Crippen LogP contribution in [0.25, 0.3) is 22.1 Å². The first-order valence-electron chi connectivity index (χ1n) is 11.9. The SMILES string of the molecule is COc1cc(C(=O)Oc2ccc3c(=O)c(Oc4ccc(-c5ccccc5)cc4)coc3c2)cc(OC)c1OC. The molecule has 39 heavy (non-hydrogen) atoms. The van der Waals surface area contributed by atoms with Crippen molar-refractivity contribution in [1.82, 2.24) is 0 Å². The largest absolute Gasteiger partial charge is 0.493 e. The molecule has 0 bridgehead atoms. The number of methoxy groups -OCH3 is 3. The Hall–Kier alpha value is -5.24. The first-order valence-corrected chi connectivity index (χ1v) is 11.9. The minimum absolute atomic E-state index is 0.0390. The van der Waals surface area contributed by atoms with E-state index >= 15 is 0 Å². The predicted octanol–water partition coefficient (Wildman–Crippen LogP) is 6.50. The zero-order valence-corrected chi connectivity index (χ0v) is 21.4. The number of hydrogen-bond donors (Lipinski definition) is 0. The molecule has 4 aromatic carbocycles. The number of hydrogen-bond acceptors (Lipinski definition) is 8. The molecule has 8 heteroatoms. The van der Waals surface area contributed by atoms with Crippen molar-refractivity contribution in [2.45, 2.75) is 0 Å². The van der Waals surface area contributed by atoms with E-state index in [1.807, 2.05) is 42.5 Å². The molecule has 0 amide bonds. The molecular weight excluding hydrogens is 500 g/mol. The average molecular weight is 525 g/mol. The van der Waals surface area contributed by atoms with Crippen LogP contribution >= 0.6 is 0 Å². The Bertz CT molecular complexity index is 1660. The Labute approximate surface area is 223 Å². The van der Waals surface area contributed by atoms with Crippen molar-refractivity contribution in [3.05, 3.63) is 107 Å². The molecule has 5 rings (SSSR count). The summed E-state index contributed by atoms with van der Waals surface area (Å²) in [5, 5.41) is 0.279. The molecule has 0 atom stereocenters. The van der Waals surface area contributed by atoms with Crippen molar-refractivity contribution in [3.63, 3.8) is 0 Å². The van der Waals surface area contributed by atoms with E-state index in [-0.39, 0.29) is 33.5 Å². The van der Waals surface area contributed by atoms with Gasteiger partial charge >= 0.3 is 5.97 Å². The zero-order chi connectivity index (χ0) is 27.4. The third-order valence-electron chi connectivity index (χ3n) is 6.01. The van der Waals surface area contributed by atoms with Crippen LogP contribution in [0.5, 0.6) is 34.5 Å². The molecule has 5 aromatic rings.